The highest BCUT2D eigenvalue weighted by Gasteiger charge is 2.48. The average Bonchev–Trinajstić information content (AvgIpc) is 3.15. The van der Waals surface area contributed by atoms with E-state index in [1.807, 2.05) is 0 Å². The Balaban J connectivity index is 1.70. The fourth-order valence-electron chi connectivity index (χ4n) is 6.24. The summed E-state index contributed by atoms with van der Waals surface area (Å²) in [4.78, 5) is 0. The Hall–Kier alpha value is -3.68. The zero-order chi connectivity index (χ0) is 23.3. The maximum atomic E-state index is 2.46. The quantitative estimate of drug-likeness (QED) is 0.305. The average molecular weight is 453 g/mol. The van der Waals surface area contributed by atoms with Crippen LogP contribution in [0.3, 0.4) is 0 Å². The van der Waals surface area contributed by atoms with Crippen LogP contribution in [0, 0.1) is 20.8 Å². The van der Waals surface area contributed by atoms with E-state index in [0.717, 1.165) is 0 Å². The minimum Gasteiger partial charge on any atom is -0.0623 e. The number of benzene rings is 5. The lowest BCUT2D eigenvalue weighted by molar-refractivity contribution is 1.32. The highest BCUT2D eigenvalue weighted by Crippen LogP contribution is 2.34. The smallest absolute Gasteiger partial charge is 0.0623 e. The highest BCUT2D eigenvalue weighted by molar-refractivity contribution is 7.22. The van der Waals surface area contributed by atoms with Gasteiger partial charge in [0.25, 0.3) is 0 Å². The third kappa shape index (κ3) is 2.97. The molecule has 34 heavy (non-hydrogen) atoms. The van der Waals surface area contributed by atoms with Crippen LogP contribution in [0.5, 0.6) is 0 Å². The van der Waals surface area contributed by atoms with Crippen LogP contribution in [0.2, 0.25) is 0 Å². The zero-order valence-electron chi connectivity index (χ0n) is 20.0. The van der Waals surface area contributed by atoms with Crippen molar-refractivity contribution in [2.75, 3.05) is 0 Å². The summed E-state index contributed by atoms with van der Waals surface area (Å²) in [6, 6.07) is 43.4. The molecule has 1 aliphatic heterocycles. The van der Waals surface area contributed by atoms with Gasteiger partial charge in [-0.25, -0.2) is 0 Å². The van der Waals surface area contributed by atoms with Crippen LogP contribution in [0.1, 0.15) is 16.7 Å². The van der Waals surface area contributed by atoms with E-state index < -0.39 is 8.07 Å². The Bertz CT molecular complexity index is 1450. The molecule has 0 saturated heterocycles. The first-order valence-electron chi connectivity index (χ1n) is 12.0. The van der Waals surface area contributed by atoms with Gasteiger partial charge in [0, 0.05) is 0 Å². The fraction of sp³-hybridized carbons (Fsp3) is 0.0909. The molecule has 164 valence electrons. The van der Waals surface area contributed by atoms with Gasteiger partial charge < -0.3 is 0 Å². The Kier molecular flexibility index (Phi) is 4.90. The van der Waals surface area contributed by atoms with Gasteiger partial charge in [-0.05, 0) is 81.0 Å². The van der Waals surface area contributed by atoms with Gasteiger partial charge in [-0.2, -0.15) is 0 Å². The van der Waals surface area contributed by atoms with Crippen molar-refractivity contribution >= 4 is 28.8 Å². The Morgan fingerprint density at radius 1 is 0.471 bits per heavy atom. The maximum Gasteiger partial charge on any atom is 0.180 e. The third-order valence-electron chi connectivity index (χ3n) is 7.42. The van der Waals surface area contributed by atoms with Crippen LogP contribution in [0.25, 0.3) is 22.3 Å². The molecule has 5 aromatic rings. The van der Waals surface area contributed by atoms with Gasteiger partial charge in [0.1, 0.15) is 0 Å². The van der Waals surface area contributed by atoms with Crippen LogP contribution in [-0.4, -0.2) is 8.07 Å². The summed E-state index contributed by atoms with van der Waals surface area (Å²) in [5.41, 5.74) is 9.48. The lowest BCUT2D eigenvalue weighted by Gasteiger charge is -2.31. The van der Waals surface area contributed by atoms with Crippen molar-refractivity contribution in [2.24, 2.45) is 0 Å². The molecule has 5 aromatic carbocycles. The summed E-state index contributed by atoms with van der Waals surface area (Å²) in [7, 11) is -2.39. The van der Waals surface area contributed by atoms with Crippen LogP contribution >= 0.6 is 0 Å². The monoisotopic (exact) mass is 452 g/mol. The van der Waals surface area contributed by atoms with E-state index in [-0.39, 0.29) is 0 Å². The van der Waals surface area contributed by atoms with Crippen LogP contribution in [-0.2, 0) is 0 Å². The lowest BCUT2D eigenvalue weighted by Crippen LogP contribution is -2.72. The van der Waals surface area contributed by atoms with Gasteiger partial charge in [-0.1, -0.05) is 115 Å². The normalized spacial score (nSPS) is 13.4. The first-order valence-corrected chi connectivity index (χ1v) is 14.0. The van der Waals surface area contributed by atoms with E-state index in [9.17, 15) is 0 Å². The van der Waals surface area contributed by atoms with Crippen LogP contribution < -0.4 is 20.7 Å². The van der Waals surface area contributed by atoms with Crippen molar-refractivity contribution in [1.82, 2.24) is 0 Å². The molecule has 0 bridgehead atoms. The molecule has 6 rings (SSSR count). The molecule has 0 radical (unpaired) electrons. The molecule has 0 aliphatic carbocycles. The molecule has 0 aromatic heterocycles. The molecule has 0 spiro atoms. The Morgan fingerprint density at radius 2 is 1.00 bits per heavy atom. The van der Waals surface area contributed by atoms with Crippen molar-refractivity contribution < 1.29 is 0 Å². The number of aryl methyl sites for hydroxylation is 3. The third-order valence-corrected chi connectivity index (χ3v) is 12.3. The number of hydrogen-bond donors (Lipinski definition) is 0. The van der Waals surface area contributed by atoms with Crippen molar-refractivity contribution in [3.8, 4) is 22.3 Å². The molecule has 0 fully saturated rings. The van der Waals surface area contributed by atoms with E-state index >= 15 is 0 Å². The SMILES string of the molecule is Cc1cc(C)c(-c2ccc3c(c2)-c2ccccc2[Si]3(c2ccccc2)c2ccccc2)c(C)c1. The minimum atomic E-state index is -2.39. The standard InChI is InChI=1S/C33H28Si/c1-23-20-24(2)33(25(3)21-23)26-18-19-32-30(22-26)29-16-10-11-17-31(29)34(32,27-12-6-4-7-13-27)28-14-8-5-9-15-28/h4-22H,1-3H3. The summed E-state index contributed by atoms with van der Waals surface area (Å²) < 4.78 is 0. The lowest BCUT2D eigenvalue weighted by atomic mass is 9.92. The second-order valence-corrected chi connectivity index (χ2v) is 13.3. The van der Waals surface area contributed by atoms with Crippen LogP contribution in [0.4, 0.5) is 0 Å². The second-order valence-electron chi connectivity index (χ2n) is 9.56. The summed E-state index contributed by atoms with van der Waals surface area (Å²) in [5.74, 6) is 0. The first kappa shape index (κ1) is 20.9. The molecule has 0 unspecified atom stereocenters. The fourth-order valence-corrected chi connectivity index (χ4v) is 11.4. The number of rotatable bonds is 3. The molecule has 0 nitrogen and oxygen atoms in total. The molecular formula is C33H28Si. The molecule has 0 atom stereocenters. The van der Waals surface area contributed by atoms with E-state index in [2.05, 4.69) is 136 Å². The molecule has 1 aliphatic rings. The van der Waals surface area contributed by atoms with Gasteiger partial charge in [-0.3, -0.25) is 0 Å². The van der Waals surface area contributed by atoms with Gasteiger partial charge in [-0.15, -0.1) is 0 Å². The summed E-state index contributed by atoms with van der Waals surface area (Å²) >= 11 is 0. The predicted octanol–water partition coefficient (Wildman–Crippen LogP) is 5.64. The largest absolute Gasteiger partial charge is 0.180 e. The van der Waals surface area contributed by atoms with Gasteiger partial charge in [0.15, 0.2) is 8.07 Å². The Morgan fingerprint density at radius 3 is 1.62 bits per heavy atom. The number of fused-ring (bicyclic) bond motifs is 3. The molecular weight excluding hydrogens is 424 g/mol. The van der Waals surface area contributed by atoms with Gasteiger partial charge >= 0.3 is 0 Å². The van der Waals surface area contributed by atoms with E-state index in [4.69, 9.17) is 0 Å². The molecule has 1 heterocycles. The maximum absolute atomic E-state index is 2.46. The Labute approximate surface area is 203 Å². The summed E-state index contributed by atoms with van der Waals surface area (Å²) in [5, 5.41) is 5.89. The predicted molar refractivity (Wildman–Crippen MR) is 149 cm³/mol. The zero-order valence-corrected chi connectivity index (χ0v) is 21.0. The van der Waals surface area contributed by atoms with Crippen molar-refractivity contribution in [3.05, 3.63) is 132 Å². The summed E-state index contributed by atoms with van der Waals surface area (Å²) in [6.07, 6.45) is 0. The van der Waals surface area contributed by atoms with Crippen molar-refractivity contribution in [1.29, 1.82) is 0 Å². The van der Waals surface area contributed by atoms with Crippen molar-refractivity contribution in [2.45, 2.75) is 20.8 Å². The van der Waals surface area contributed by atoms with Gasteiger partial charge in [0.2, 0.25) is 0 Å². The van der Waals surface area contributed by atoms with E-state index in [1.54, 1.807) is 0 Å². The topological polar surface area (TPSA) is 0 Å². The molecule has 0 amide bonds. The number of hydrogen-bond acceptors (Lipinski definition) is 0. The van der Waals surface area contributed by atoms with Crippen LogP contribution in [0.15, 0.2) is 115 Å². The van der Waals surface area contributed by atoms with Crippen molar-refractivity contribution in [3.63, 3.8) is 0 Å². The molecule has 1 heteroatoms. The second kappa shape index (κ2) is 7.97. The molecule has 0 N–H and O–H groups in total. The minimum absolute atomic E-state index is 1.31. The van der Waals surface area contributed by atoms with E-state index in [0.29, 0.717) is 0 Å². The highest BCUT2D eigenvalue weighted by atomic mass is 28.3. The summed E-state index contributed by atoms with van der Waals surface area (Å²) in [6.45, 7) is 6.66. The van der Waals surface area contributed by atoms with Gasteiger partial charge in [0.05, 0.1) is 0 Å². The molecule has 0 saturated carbocycles. The van der Waals surface area contributed by atoms with E-state index in [1.165, 1.54) is 59.7 Å². The first-order chi connectivity index (χ1) is 16.6.